The highest BCUT2D eigenvalue weighted by molar-refractivity contribution is 6.32. The normalized spacial score (nSPS) is 22.9. The highest BCUT2D eigenvalue weighted by Gasteiger charge is 2.45. The first-order chi connectivity index (χ1) is 17.7. The van der Waals surface area contributed by atoms with Crippen molar-refractivity contribution >= 4 is 33.8 Å². The molecule has 0 atom stereocenters. The van der Waals surface area contributed by atoms with Crippen molar-refractivity contribution in [1.82, 2.24) is 4.90 Å². The predicted octanol–water partition coefficient (Wildman–Crippen LogP) is 9.15. The quantitative estimate of drug-likeness (QED) is 0.362. The molecule has 0 amide bonds. The molecule has 2 heterocycles. The lowest BCUT2D eigenvalue weighted by molar-refractivity contribution is -0.433. The molecule has 2 aromatic carbocycles. The number of benzene rings is 2. The van der Waals surface area contributed by atoms with E-state index in [-0.39, 0.29) is 10.8 Å². The van der Waals surface area contributed by atoms with Crippen LogP contribution in [-0.2, 0) is 5.41 Å². The predicted molar refractivity (Wildman–Crippen MR) is 160 cm³/mol. The van der Waals surface area contributed by atoms with Gasteiger partial charge in [-0.2, -0.15) is 4.58 Å². The average molecular weight is 512 g/mol. The van der Waals surface area contributed by atoms with Crippen molar-refractivity contribution in [3.8, 4) is 0 Å². The maximum atomic E-state index is 7.05. The van der Waals surface area contributed by atoms with Gasteiger partial charge in [0.25, 0.3) is 0 Å². The summed E-state index contributed by atoms with van der Waals surface area (Å²) >= 11 is 7.05. The van der Waals surface area contributed by atoms with Gasteiger partial charge in [0.1, 0.15) is 6.54 Å². The molecule has 2 aliphatic heterocycles. The molecule has 2 nitrogen and oxygen atoms in total. The molecule has 37 heavy (non-hydrogen) atoms. The largest absolute Gasteiger partial charge is 0.351 e. The van der Waals surface area contributed by atoms with Crippen LogP contribution in [0, 0.1) is 5.41 Å². The summed E-state index contributed by atoms with van der Waals surface area (Å²) in [7, 11) is 0. The van der Waals surface area contributed by atoms with E-state index in [0.29, 0.717) is 0 Å². The zero-order valence-corrected chi connectivity index (χ0v) is 24.0. The summed E-state index contributed by atoms with van der Waals surface area (Å²) in [6, 6.07) is 13.3. The Morgan fingerprint density at radius 1 is 0.973 bits per heavy atom. The molecule has 5 rings (SSSR count). The number of nitrogens with zero attached hydrogens (tertiary/aromatic N) is 2. The van der Waals surface area contributed by atoms with Crippen LogP contribution in [0.15, 0.2) is 94.9 Å². The topological polar surface area (TPSA) is 6.25 Å². The van der Waals surface area contributed by atoms with Gasteiger partial charge < -0.3 is 4.90 Å². The SMILES string of the molecule is CCN1C=CC(C)(C)/C1=C\C=C1/CCCC(/C=C/C2=[N+](CC)c3ccc4ccccc4c3C2(C)C)=C1Cl. The first-order valence-corrected chi connectivity index (χ1v) is 14.2. The number of allylic oxidation sites excluding steroid dienone is 8. The Morgan fingerprint density at radius 2 is 1.76 bits per heavy atom. The third-order valence-electron chi connectivity index (χ3n) is 8.39. The van der Waals surface area contributed by atoms with E-state index in [1.807, 2.05) is 0 Å². The first-order valence-electron chi connectivity index (χ1n) is 13.8. The number of rotatable bonds is 5. The Morgan fingerprint density at radius 3 is 2.51 bits per heavy atom. The van der Waals surface area contributed by atoms with Gasteiger partial charge in [-0.05, 0) is 81.0 Å². The van der Waals surface area contributed by atoms with Crippen LogP contribution in [0.3, 0.4) is 0 Å². The molecule has 0 saturated carbocycles. The van der Waals surface area contributed by atoms with Gasteiger partial charge in [0.2, 0.25) is 5.69 Å². The van der Waals surface area contributed by atoms with Crippen LogP contribution in [0.4, 0.5) is 5.69 Å². The van der Waals surface area contributed by atoms with Crippen LogP contribution in [0.5, 0.6) is 0 Å². The highest BCUT2D eigenvalue weighted by atomic mass is 35.5. The standard InChI is InChI=1S/C34H40ClN2/c1-7-36-23-22-33(3,4)29(36)20-17-25-13-11-14-26(32(25)35)18-21-30-34(5,6)31-27-15-10-9-12-24(27)16-19-28(31)37(30)8-2/h9-10,12,15-23H,7-8,11,13-14H2,1-6H3/q+1. The number of halogens is 1. The van der Waals surface area contributed by atoms with Crippen LogP contribution in [0.1, 0.15) is 66.4 Å². The van der Waals surface area contributed by atoms with Crippen molar-refractivity contribution in [3.63, 3.8) is 0 Å². The van der Waals surface area contributed by atoms with Crippen molar-refractivity contribution in [1.29, 1.82) is 0 Å². The van der Waals surface area contributed by atoms with E-state index >= 15 is 0 Å². The molecule has 3 heteroatoms. The van der Waals surface area contributed by atoms with Gasteiger partial charge in [-0.15, -0.1) is 0 Å². The minimum Gasteiger partial charge on any atom is -0.351 e. The van der Waals surface area contributed by atoms with E-state index in [0.717, 1.165) is 37.4 Å². The van der Waals surface area contributed by atoms with Crippen molar-refractivity contribution in [2.24, 2.45) is 5.41 Å². The second-order valence-electron chi connectivity index (χ2n) is 11.5. The monoisotopic (exact) mass is 511 g/mol. The Balaban J connectivity index is 1.50. The lowest BCUT2D eigenvalue weighted by atomic mass is 9.79. The molecule has 0 spiro atoms. The molecule has 1 aliphatic carbocycles. The lowest BCUT2D eigenvalue weighted by Gasteiger charge is -2.25. The molecule has 192 valence electrons. The van der Waals surface area contributed by atoms with Gasteiger partial charge in [-0.25, -0.2) is 0 Å². The number of hydrogen-bond donors (Lipinski definition) is 0. The summed E-state index contributed by atoms with van der Waals surface area (Å²) in [6.45, 7) is 15.6. The third-order valence-corrected chi connectivity index (χ3v) is 8.88. The van der Waals surface area contributed by atoms with Gasteiger partial charge >= 0.3 is 0 Å². The summed E-state index contributed by atoms with van der Waals surface area (Å²) in [5, 5.41) is 3.58. The van der Waals surface area contributed by atoms with Crippen molar-refractivity contribution in [3.05, 3.63) is 100 Å². The van der Waals surface area contributed by atoms with E-state index < -0.39 is 0 Å². The number of hydrogen-bond acceptors (Lipinski definition) is 1. The fraction of sp³-hybridized carbons (Fsp3) is 0.382. The third kappa shape index (κ3) is 4.44. The molecular weight excluding hydrogens is 472 g/mol. The van der Waals surface area contributed by atoms with Crippen LogP contribution >= 0.6 is 11.6 Å². The van der Waals surface area contributed by atoms with Crippen molar-refractivity contribution in [2.45, 2.75) is 66.2 Å². The Hall–Kier alpha value is -2.84. The Labute approximate surface area is 228 Å². The van der Waals surface area contributed by atoms with Crippen molar-refractivity contribution < 1.29 is 4.58 Å². The van der Waals surface area contributed by atoms with E-state index in [4.69, 9.17) is 11.6 Å². The Bertz CT molecular complexity index is 1420. The lowest BCUT2D eigenvalue weighted by Crippen LogP contribution is -2.27. The maximum absolute atomic E-state index is 7.05. The van der Waals surface area contributed by atoms with Gasteiger partial charge in [-0.1, -0.05) is 67.9 Å². The minimum atomic E-state index is -0.0852. The minimum absolute atomic E-state index is 0.0497. The molecular formula is C34H40ClN2+. The second-order valence-corrected chi connectivity index (χ2v) is 11.9. The van der Waals surface area contributed by atoms with Crippen molar-refractivity contribution in [2.75, 3.05) is 13.1 Å². The molecule has 0 radical (unpaired) electrons. The smallest absolute Gasteiger partial charge is 0.210 e. The van der Waals surface area contributed by atoms with Gasteiger partial charge in [0.05, 0.1) is 5.41 Å². The van der Waals surface area contributed by atoms with Crippen LogP contribution in [0.25, 0.3) is 10.8 Å². The summed E-state index contributed by atoms with van der Waals surface area (Å²) in [4.78, 5) is 2.33. The summed E-state index contributed by atoms with van der Waals surface area (Å²) < 4.78 is 2.48. The zero-order valence-electron chi connectivity index (χ0n) is 23.2. The van der Waals surface area contributed by atoms with E-state index in [1.54, 1.807) is 0 Å². The van der Waals surface area contributed by atoms with Gasteiger partial charge in [0, 0.05) is 46.6 Å². The molecule has 3 aliphatic rings. The first kappa shape index (κ1) is 25.8. The maximum Gasteiger partial charge on any atom is 0.210 e. The fourth-order valence-electron chi connectivity index (χ4n) is 6.34. The summed E-state index contributed by atoms with van der Waals surface area (Å²) in [5.41, 5.74) is 7.89. The molecule has 0 fully saturated rings. The molecule has 0 bridgehead atoms. The van der Waals surface area contributed by atoms with Crippen LogP contribution in [0.2, 0.25) is 0 Å². The zero-order chi connectivity index (χ0) is 26.4. The highest BCUT2D eigenvalue weighted by Crippen LogP contribution is 2.44. The van der Waals surface area contributed by atoms with E-state index in [1.165, 1.54) is 44.6 Å². The molecule has 0 unspecified atom stereocenters. The average Bonchev–Trinajstić information content (AvgIpc) is 3.30. The summed E-state index contributed by atoms with van der Waals surface area (Å²) in [6.07, 6.45) is 16.8. The van der Waals surface area contributed by atoms with Crippen LogP contribution in [-0.4, -0.2) is 28.3 Å². The number of fused-ring (bicyclic) bond motifs is 3. The van der Waals surface area contributed by atoms with E-state index in [9.17, 15) is 0 Å². The second kappa shape index (κ2) is 9.80. The molecule has 0 aromatic heterocycles. The van der Waals surface area contributed by atoms with Gasteiger partial charge in [-0.3, -0.25) is 0 Å². The summed E-state index contributed by atoms with van der Waals surface area (Å²) in [5.74, 6) is 0. The fourth-order valence-corrected chi connectivity index (χ4v) is 6.66. The Kier molecular flexibility index (Phi) is 6.83. The molecule has 2 aromatic rings. The van der Waals surface area contributed by atoms with Crippen LogP contribution < -0.4 is 0 Å². The molecule has 0 N–H and O–H groups in total. The van der Waals surface area contributed by atoms with E-state index in [2.05, 4.69) is 124 Å². The molecule has 0 saturated heterocycles. The van der Waals surface area contributed by atoms with Gasteiger partial charge in [0.15, 0.2) is 5.71 Å².